The first-order valence-electron chi connectivity index (χ1n) is 7.71. The lowest BCUT2D eigenvalue weighted by Gasteiger charge is -2.11. The van der Waals surface area contributed by atoms with Crippen molar-refractivity contribution in [2.24, 2.45) is 0 Å². The Morgan fingerprint density at radius 2 is 1.65 bits per heavy atom. The molecule has 0 atom stereocenters. The Hall–Kier alpha value is -3.20. The van der Waals surface area contributed by atoms with Gasteiger partial charge in [0.1, 0.15) is 6.26 Å². The Morgan fingerprint density at radius 1 is 1.04 bits per heavy atom. The summed E-state index contributed by atoms with van der Waals surface area (Å²) in [5.41, 5.74) is -1.74. The number of nitrogens with zero attached hydrogens (tertiary/aromatic N) is 4. The normalized spacial score (nSPS) is 10.8. The molecule has 3 rings (SSSR count). The van der Waals surface area contributed by atoms with Crippen molar-refractivity contribution in [1.29, 1.82) is 0 Å². The maximum absolute atomic E-state index is 12.6. The van der Waals surface area contributed by atoms with Crippen molar-refractivity contribution >= 4 is 11.3 Å². The number of oxazole rings is 1. The van der Waals surface area contributed by atoms with Gasteiger partial charge in [-0.05, 0) is 11.4 Å². The zero-order valence-corrected chi connectivity index (χ0v) is 14.6. The first kappa shape index (κ1) is 17.6. The maximum atomic E-state index is 12.6. The van der Waals surface area contributed by atoms with Crippen LogP contribution in [0.4, 0.5) is 0 Å². The highest BCUT2D eigenvalue weighted by atomic mass is 32.1. The van der Waals surface area contributed by atoms with E-state index in [4.69, 9.17) is 4.42 Å². The molecule has 0 fully saturated rings. The summed E-state index contributed by atoms with van der Waals surface area (Å²) < 4.78 is 8.25. The molecule has 9 heteroatoms. The van der Waals surface area contributed by atoms with Crippen molar-refractivity contribution < 1.29 is 4.42 Å². The van der Waals surface area contributed by atoms with E-state index < -0.39 is 17.1 Å². The van der Waals surface area contributed by atoms with Gasteiger partial charge in [0.15, 0.2) is 0 Å². The van der Waals surface area contributed by atoms with Crippen LogP contribution >= 0.6 is 11.3 Å². The third kappa shape index (κ3) is 3.16. The second-order valence-corrected chi connectivity index (χ2v) is 6.30. The average molecular weight is 372 g/mol. The molecule has 0 aliphatic heterocycles. The van der Waals surface area contributed by atoms with Crippen LogP contribution in [0.25, 0.3) is 10.8 Å². The van der Waals surface area contributed by atoms with Crippen molar-refractivity contribution in [2.45, 2.75) is 19.6 Å². The average Bonchev–Trinajstić information content (AvgIpc) is 3.30. The van der Waals surface area contributed by atoms with Gasteiger partial charge >= 0.3 is 17.1 Å². The van der Waals surface area contributed by atoms with Gasteiger partial charge in [0, 0.05) is 0 Å². The molecule has 0 aliphatic carbocycles. The molecule has 134 valence electrons. The predicted octanol–water partition coefficient (Wildman–Crippen LogP) is 1.31. The van der Waals surface area contributed by atoms with Gasteiger partial charge in [-0.25, -0.2) is 33.1 Å². The summed E-state index contributed by atoms with van der Waals surface area (Å²) in [5.74, 6) is 0.411. The number of hydrogen-bond donors (Lipinski definition) is 0. The molecule has 0 aromatic carbocycles. The highest BCUT2D eigenvalue weighted by Gasteiger charge is 2.16. The predicted molar refractivity (Wildman–Crippen MR) is 98.5 cm³/mol. The molecule has 0 bridgehead atoms. The van der Waals surface area contributed by atoms with Crippen LogP contribution in [-0.2, 0) is 19.6 Å². The van der Waals surface area contributed by atoms with E-state index in [9.17, 15) is 14.4 Å². The van der Waals surface area contributed by atoms with Gasteiger partial charge in [-0.2, -0.15) is 0 Å². The topological polar surface area (TPSA) is 92.0 Å². The van der Waals surface area contributed by atoms with Crippen LogP contribution in [0.1, 0.15) is 5.69 Å². The second-order valence-electron chi connectivity index (χ2n) is 5.35. The molecule has 0 spiro atoms. The van der Waals surface area contributed by atoms with E-state index in [0.717, 1.165) is 18.6 Å². The third-order valence-corrected chi connectivity index (χ3v) is 4.47. The SMILES string of the molecule is C=CCn1c(=O)n(CC=C)c(=O)n(Cc2coc(-c3cccs3)n2)c1=O. The Kier molecular flexibility index (Phi) is 4.99. The van der Waals surface area contributed by atoms with Crippen LogP contribution in [-0.4, -0.2) is 18.7 Å². The quantitative estimate of drug-likeness (QED) is 0.583. The summed E-state index contributed by atoms with van der Waals surface area (Å²) in [7, 11) is 0. The van der Waals surface area contributed by atoms with Crippen molar-refractivity contribution in [3.63, 3.8) is 0 Å². The Balaban J connectivity index is 2.08. The number of hydrogen-bond acceptors (Lipinski definition) is 6. The molecule has 26 heavy (non-hydrogen) atoms. The van der Waals surface area contributed by atoms with Gasteiger partial charge in [0.05, 0.1) is 30.2 Å². The molecule has 0 unspecified atom stereocenters. The number of allylic oxidation sites excluding steroid dienone is 2. The number of aromatic nitrogens is 4. The van der Waals surface area contributed by atoms with Gasteiger partial charge < -0.3 is 4.42 Å². The lowest BCUT2D eigenvalue weighted by atomic mass is 10.4. The van der Waals surface area contributed by atoms with Crippen molar-refractivity contribution in [2.75, 3.05) is 0 Å². The Bertz CT molecular complexity index is 1070. The van der Waals surface area contributed by atoms with Crippen molar-refractivity contribution in [3.05, 3.63) is 86.2 Å². The summed E-state index contributed by atoms with van der Waals surface area (Å²) in [5, 5.41) is 1.89. The molecule has 0 saturated heterocycles. The fraction of sp³-hybridized carbons (Fsp3) is 0.176. The van der Waals surface area contributed by atoms with E-state index in [1.807, 2.05) is 17.5 Å². The highest BCUT2D eigenvalue weighted by molar-refractivity contribution is 7.13. The summed E-state index contributed by atoms with van der Waals surface area (Å²) in [6.45, 7) is 6.96. The molecule has 3 aromatic heterocycles. The van der Waals surface area contributed by atoms with E-state index in [-0.39, 0.29) is 19.6 Å². The molecule has 0 amide bonds. The minimum atomic E-state index is -0.721. The first-order chi connectivity index (χ1) is 12.6. The van der Waals surface area contributed by atoms with Crippen LogP contribution in [0.2, 0.25) is 0 Å². The van der Waals surface area contributed by atoms with E-state index in [0.29, 0.717) is 11.6 Å². The zero-order chi connectivity index (χ0) is 18.7. The lowest BCUT2D eigenvalue weighted by molar-refractivity contribution is 0.494. The summed E-state index contributed by atoms with van der Waals surface area (Å²) >= 11 is 1.46. The number of rotatable bonds is 7. The fourth-order valence-corrected chi connectivity index (χ4v) is 3.10. The van der Waals surface area contributed by atoms with Crippen LogP contribution in [0.5, 0.6) is 0 Å². The summed E-state index contributed by atoms with van der Waals surface area (Å²) in [6.07, 6.45) is 4.23. The third-order valence-electron chi connectivity index (χ3n) is 3.61. The smallest absolute Gasteiger partial charge is 0.336 e. The van der Waals surface area contributed by atoms with E-state index in [1.54, 1.807) is 0 Å². The molecule has 3 aromatic rings. The van der Waals surface area contributed by atoms with E-state index in [1.165, 1.54) is 29.8 Å². The number of thiophene rings is 1. The Labute approximate surface area is 151 Å². The molecule has 0 saturated carbocycles. The van der Waals surface area contributed by atoms with E-state index in [2.05, 4.69) is 18.1 Å². The van der Waals surface area contributed by atoms with Crippen LogP contribution < -0.4 is 17.1 Å². The van der Waals surface area contributed by atoms with Gasteiger partial charge in [0.25, 0.3) is 0 Å². The summed E-state index contributed by atoms with van der Waals surface area (Å²) in [4.78, 5) is 42.6. The van der Waals surface area contributed by atoms with Crippen LogP contribution in [0.15, 0.2) is 67.9 Å². The molecule has 8 nitrogen and oxygen atoms in total. The standard InChI is InChI=1S/C17H16N4O4S/c1-3-7-19-15(22)20(8-4-2)17(24)21(16(19)23)10-12-11-25-14(18-12)13-6-5-9-26-13/h3-6,9,11H,1-2,7-8,10H2. The van der Waals surface area contributed by atoms with Crippen LogP contribution in [0.3, 0.4) is 0 Å². The Morgan fingerprint density at radius 3 is 2.19 bits per heavy atom. The lowest BCUT2D eigenvalue weighted by Crippen LogP contribution is -2.54. The minimum Gasteiger partial charge on any atom is -0.443 e. The maximum Gasteiger partial charge on any atom is 0.336 e. The first-order valence-corrected chi connectivity index (χ1v) is 8.59. The van der Waals surface area contributed by atoms with Gasteiger partial charge in [-0.15, -0.1) is 24.5 Å². The molecule has 0 N–H and O–H groups in total. The molecule has 0 radical (unpaired) electrons. The van der Waals surface area contributed by atoms with E-state index >= 15 is 0 Å². The molecular weight excluding hydrogens is 356 g/mol. The van der Waals surface area contributed by atoms with Gasteiger partial charge in [-0.1, -0.05) is 18.2 Å². The monoisotopic (exact) mass is 372 g/mol. The molecular formula is C17H16N4O4S. The summed E-state index contributed by atoms with van der Waals surface area (Å²) in [6, 6.07) is 3.72. The van der Waals surface area contributed by atoms with Crippen molar-refractivity contribution in [3.8, 4) is 10.8 Å². The van der Waals surface area contributed by atoms with Crippen molar-refractivity contribution in [1.82, 2.24) is 18.7 Å². The second kappa shape index (κ2) is 7.36. The largest absolute Gasteiger partial charge is 0.443 e. The molecule has 3 heterocycles. The van der Waals surface area contributed by atoms with Gasteiger partial charge in [-0.3, -0.25) is 0 Å². The highest BCUT2D eigenvalue weighted by Crippen LogP contribution is 2.23. The van der Waals surface area contributed by atoms with Crippen LogP contribution in [0, 0.1) is 0 Å². The van der Waals surface area contributed by atoms with Gasteiger partial charge in [0.2, 0.25) is 5.89 Å². The fourth-order valence-electron chi connectivity index (χ4n) is 2.44. The zero-order valence-electron chi connectivity index (χ0n) is 13.8. The molecule has 0 aliphatic rings. The minimum absolute atomic E-state index is 0.00560.